The summed E-state index contributed by atoms with van der Waals surface area (Å²) < 4.78 is 0. The SMILES string of the molecule is CC=C1C2CC3(C(=S)N[C@H]4CC[C@H](CN)CC4)CC1CC(c1ccccc1)(C2)C3. The molecule has 0 heterocycles. The normalized spacial score (nSPS) is 40.7. The third kappa shape index (κ3) is 3.29. The van der Waals surface area contributed by atoms with Gasteiger partial charge >= 0.3 is 0 Å². The summed E-state index contributed by atoms with van der Waals surface area (Å²) in [6.45, 7) is 3.10. The van der Waals surface area contributed by atoms with E-state index in [0.717, 1.165) is 12.5 Å². The van der Waals surface area contributed by atoms with Crippen LogP contribution in [0.1, 0.15) is 70.3 Å². The molecule has 2 atom stereocenters. The zero-order valence-electron chi connectivity index (χ0n) is 17.8. The summed E-state index contributed by atoms with van der Waals surface area (Å²) in [7, 11) is 0. The standard InChI is InChI=1S/C26H36N2S/c1-2-23-19-12-25(21-6-4-3-5-7-21)13-20(23)15-26(14-19,17-25)24(29)28-22-10-8-18(16-27)9-11-22/h2-7,18-20,22H,8-17,27H2,1H3,(H,28,29)/t18-,19?,20?,22-,25?,26?. The maximum Gasteiger partial charge on any atom is 0.0818 e. The van der Waals surface area contributed by atoms with Crippen molar-refractivity contribution in [3.05, 3.63) is 47.5 Å². The third-order valence-electron chi connectivity index (χ3n) is 8.88. The lowest BCUT2D eigenvalue weighted by Gasteiger charge is -2.63. The Labute approximate surface area is 181 Å². The van der Waals surface area contributed by atoms with Gasteiger partial charge in [-0.3, -0.25) is 0 Å². The van der Waals surface area contributed by atoms with E-state index in [-0.39, 0.29) is 5.41 Å². The number of allylic oxidation sites excluding steroid dienone is 2. The van der Waals surface area contributed by atoms with Crippen LogP contribution in [0.25, 0.3) is 0 Å². The zero-order chi connectivity index (χ0) is 20.1. The van der Waals surface area contributed by atoms with E-state index in [2.05, 4.69) is 48.6 Å². The second kappa shape index (κ2) is 7.50. The van der Waals surface area contributed by atoms with Crippen LogP contribution in [0.15, 0.2) is 42.0 Å². The van der Waals surface area contributed by atoms with Crippen LogP contribution in [0.2, 0.25) is 0 Å². The highest BCUT2D eigenvalue weighted by Gasteiger charge is 2.61. The molecule has 1 aromatic carbocycles. The molecule has 6 rings (SSSR count). The predicted octanol–water partition coefficient (Wildman–Crippen LogP) is 5.52. The Balaban J connectivity index is 1.40. The Morgan fingerprint density at radius 2 is 1.72 bits per heavy atom. The zero-order valence-corrected chi connectivity index (χ0v) is 18.6. The van der Waals surface area contributed by atoms with E-state index in [1.54, 1.807) is 11.1 Å². The van der Waals surface area contributed by atoms with Crippen LogP contribution in [0.3, 0.4) is 0 Å². The van der Waals surface area contributed by atoms with Crippen molar-refractivity contribution in [2.24, 2.45) is 28.9 Å². The van der Waals surface area contributed by atoms with Crippen molar-refractivity contribution in [1.82, 2.24) is 5.32 Å². The lowest BCUT2D eigenvalue weighted by molar-refractivity contribution is 0.00550. The molecule has 2 nitrogen and oxygen atoms in total. The molecule has 3 heteroatoms. The molecular weight excluding hydrogens is 372 g/mol. The van der Waals surface area contributed by atoms with Gasteiger partial charge in [0.15, 0.2) is 0 Å². The number of nitrogens with two attached hydrogens (primary N) is 1. The monoisotopic (exact) mass is 408 g/mol. The summed E-state index contributed by atoms with van der Waals surface area (Å²) in [6, 6.07) is 11.9. The molecule has 3 N–H and O–H groups in total. The molecule has 2 unspecified atom stereocenters. The van der Waals surface area contributed by atoms with E-state index in [9.17, 15) is 0 Å². The van der Waals surface area contributed by atoms with Gasteiger partial charge in [0.25, 0.3) is 0 Å². The summed E-state index contributed by atoms with van der Waals surface area (Å²) in [5.74, 6) is 2.16. The van der Waals surface area contributed by atoms with Crippen molar-refractivity contribution in [1.29, 1.82) is 0 Å². The van der Waals surface area contributed by atoms with Gasteiger partial charge in [-0.1, -0.05) is 54.2 Å². The molecule has 5 fully saturated rings. The summed E-state index contributed by atoms with van der Waals surface area (Å²) in [5.41, 5.74) is 9.71. The Morgan fingerprint density at radius 1 is 1.07 bits per heavy atom. The molecule has 1 aromatic rings. The van der Waals surface area contributed by atoms with Crippen LogP contribution in [0.5, 0.6) is 0 Å². The minimum Gasteiger partial charge on any atom is -0.376 e. The van der Waals surface area contributed by atoms with Gasteiger partial charge in [-0.05, 0) is 100.0 Å². The highest BCUT2D eigenvalue weighted by atomic mass is 32.1. The topological polar surface area (TPSA) is 38.0 Å². The Hall–Kier alpha value is -1.19. The van der Waals surface area contributed by atoms with Gasteiger partial charge in [-0.25, -0.2) is 0 Å². The van der Waals surface area contributed by atoms with E-state index < -0.39 is 0 Å². The highest BCUT2D eigenvalue weighted by molar-refractivity contribution is 7.80. The quantitative estimate of drug-likeness (QED) is 0.509. The van der Waals surface area contributed by atoms with Crippen molar-refractivity contribution in [3.8, 4) is 0 Å². The maximum absolute atomic E-state index is 6.20. The molecule has 0 saturated heterocycles. The first-order valence-electron chi connectivity index (χ1n) is 11.8. The van der Waals surface area contributed by atoms with Crippen LogP contribution in [-0.4, -0.2) is 17.6 Å². The first-order valence-corrected chi connectivity index (χ1v) is 12.2. The van der Waals surface area contributed by atoms with Gasteiger partial charge < -0.3 is 11.1 Å². The smallest absolute Gasteiger partial charge is 0.0818 e. The van der Waals surface area contributed by atoms with E-state index in [1.165, 1.54) is 62.8 Å². The van der Waals surface area contributed by atoms with Crippen molar-refractivity contribution >= 4 is 17.2 Å². The van der Waals surface area contributed by atoms with E-state index in [0.29, 0.717) is 23.3 Å². The summed E-state index contributed by atoms with van der Waals surface area (Å²) >= 11 is 6.20. The molecule has 0 radical (unpaired) electrons. The second-order valence-corrected chi connectivity index (χ2v) is 10.9. The van der Waals surface area contributed by atoms with Gasteiger partial charge in [-0.15, -0.1) is 0 Å². The molecule has 5 saturated carbocycles. The Morgan fingerprint density at radius 3 is 2.31 bits per heavy atom. The van der Waals surface area contributed by atoms with Crippen molar-refractivity contribution in [2.45, 2.75) is 76.2 Å². The highest BCUT2D eigenvalue weighted by Crippen LogP contribution is 2.67. The van der Waals surface area contributed by atoms with Gasteiger partial charge in [0.2, 0.25) is 0 Å². The molecule has 156 valence electrons. The number of rotatable bonds is 4. The van der Waals surface area contributed by atoms with Crippen LogP contribution in [0.4, 0.5) is 0 Å². The minimum atomic E-state index is 0.203. The summed E-state index contributed by atoms with van der Waals surface area (Å²) in [5, 5.41) is 3.89. The van der Waals surface area contributed by atoms with Crippen molar-refractivity contribution in [2.75, 3.05) is 6.54 Å². The molecule has 29 heavy (non-hydrogen) atoms. The average Bonchev–Trinajstić information content (AvgIpc) is 2.74. The lowest BCUT2D eigenvalue weighted by atomic mass is 9.41. The van der Waals surface area contributed by atoms with Crippen molar-refractivity contribution in [3.63, 3.8) is 0 Å². The molecular formula is C26H36N2S. The second-order valence-electron chi connectivity index (χ2n) is 10.5. The summed E-state index contributed by atoms with van der Waals surface area (Å²) in [4.78, 5) is 1.19. The predicted molar refractivity (Wildman–Crippen MR) is 125 cm³/mol. The number of thiocarbonyl (C=S) groups is 1. The van der Waals surface area contributed by atoms with Crippen LogP contribution >= 0.6 is 12.2 Å². The largest absolute Gasteiger partial charge is 0.376 e. The Bertz CT molecular complexity index is 772. The first kappa shape index (κ1) is 19.8. The van der Waals surface area contributed by atoms with Gasteiger partial charge in [-0.2, -0.15) is 0 Å². The van der Waals surface area contributed by atoms with Gasteiger partial charge in [0.1, 0.15) is 0 Å². The fourth-order valence-electron chi connectivity index (χ4n) is 7.69. The molecule has 5 aliphatic carbocycles. The lowest BCUT2D eigenvalue weighted by Crippen LogP contribution is -2.60. The summed E-state index contributed by atoms with van der Waals surface area (Å²) in [6.07, 6.45) is 13.8. The molecule has 0 aromatic heterocycles. The van der Waals surface area contributed by atoms with Crippen LogP contribution in [0, 0.1) is 23.2 Å². The molecule has 4 bridgehead atoms. The fourth-order valence-corrected chi connectivity index (χ4v) is 8.09. The third-order valence-corrected chi connectivity index (χ3v) is 9.44. The van der Waals surface area contributed by atoms with Gasteiger partial charge in [0.05, 0.1) is 4.99 Å². The maximum atomic E-state index is 6.20. The molecule has 5 aliphatic rings. The minimum absolute atomic E-state index is 0.203. The number of nitrogens with one attached hydrogen (secondary N) is 1. The van der Waals surface area contributed by atoms with Crippen molar-refractivity contribution < 1.29 is 0 Å². The number of hydrogen-bond donors (Lipinski definition) is 2. The molecule has 0 aliphatic heterocycles. The van der Waals surface area contributed by atoms with E-state index >= 15 is 0 Å². The van der Waals surface area contributed by atoms with Crippen LogP contribution in [-0.2, 0) is 5.41 Å². The van der Waals surface area contributed by atoms with E-state index in [1.807, 2.05) is 0 Å². The average molecular weight is 409 g/mol. The molecule has 0 spiro atoms. The number of hydrogen-bond acceptors (Lipinski definition) is 2. The molecule has 0 amide bonds. The first-order chi connectivity index (χ1) is 14.1. The Kier molecular flexibility index (Phi) is 5.11. The van der Waals surface area contributed by atoms with Crippen LogP contribution < -0.4 is 11.1 Å². The fraction of sp³-hybridized carbons (Fsp3) is 0.654. The number of benzene rings is 1. The van der Waals surface area contributed by atoms with Gasteiger partial charge in [0, 0.05) is 11.5 Å². The van der Waals surface area contributed by atoms with E-state index in [4.69, 9.17) is 18.0 Å².